The Morgan fingerprint density at radius 1 is 1.40 bits per heavy atom. The Labute approximate surface area is 120 Å². The summed E-state index contributed by atoms with van der Waals surface area (Å²) >= 11 is 0. The van der Waals surface area contributed by atoms with E-state index in [9.17, 15) is 4.79 Å². The predicted octanol–water partition coefficient (Wildman–Crippen LogP) is 0.420. The summed E-state index contributed by atoms with van der Waals surface area (Å²) in [6.45, 7) is 8.09. The van der Waals surface area contributed by atoms with Crippen molar-refractivity contribution in [3.63, 3.8) is 0 Å². The van der Waals surface area contributed by atoms with Crippen molar-refractivity contribution >= 4 is 5.91 Å². The average Bonchev–Trinajstić information content (AvgIpc) is 2.88. The number of rotatable bonds is 7. The van der Waals surface area contributed by atoms with Crippen LogP contribution in [0.2, 0.25) is 0 Å². The maximum atomic E-state index is 11.7. The molecule has 112 valence electrons. The Bertz CT molecular complexity index is 413. The second-order valence-electron chi connectivity index (χ2n) is 5.10. The van der Waals surface area contributed by atoms with Crippen molar-refractivity contribution in [1.29, 1.82) is 0 Å². The molecule has 2 rings (SSSR count). The molecule has 6 heteroatoms. The lowest BCUT2D eigenvalue weighted by molar-refractivity contribution is -0.121. The minimum atomic E-state index is 0.0990. The Morgan fingerprint density at radius 2 is 2.20 bits per heavy atom. The van der Waals surface area contributed by atoms with Crippen LogP contribution in [-0.2, 0) is 16.1 Å². The molecule has 1 aliphatic heterocycles. The summed E-state index contributed by atoms with van der Waals surface area (Å²) in [5.41, 5.74) is 1.09. The number of carbonyl (C=O) groups excluding carboxylic acids is 1. The Balaban J connectivity index is 1.53. The van der Waals surface area contributed by atoms with Crippen LogP contribution in [-0.4, -0.2) is 60.0 Å². The van der Waals surface area contributed by atoms with Gasteiger partial charge in [0.25, 0.3) is 0 Å². The number of aromatic nitrogens is 2. The van der Waals surface area contributed by atoms with Gasteiger partial charge in [0.2, 0.25) is 5.91 Å². The third-order valence-corrected chi connectivity index (χ3v) is 3.56. The molecule has 1 aromatic heterocycles. The van der Waals surface area contributed by atoms with Gasteiger partial charge in [0.1, 0.15) is 0 Å². The molecule has 1 aromatic rings. The smallest absolute Gasteiger partial charge is 0.221 e. The third kappa shape index (κ3) is 4.94. The number of hydrogen-bond acceptors (Lipinski definition) is 4. The van der Waals surface area contributed by atoms with Crippen molar-refractivity contribution in [2.75, 3.05) is 39.4 Å². The largest absolute Gasteiger partial charge is 0.379 e. The number of hydrogen-bond donors (Lipinski definition) is 1. The molecule has 0 aliphatic carbocycles. The number of nitrogens with one attached hydrogen (secondary N) is 1. The maximum absolute atomic E-state index is 11.7. The lowest BCUT2D eigenvalue weighted by atomic mass is 10.3. The standard InChI is InChI=1S/C14H24N4O2/c1-13-3-6-16-18(13)8-4-14(19)15-5-2-7-17-9-11-20-12-10-17/h3,6H,2,4-5,7-12H2,1H3,(H,15,19). The van der Waals surface area contributed by atoms with Crippen LogP contribution in [0.15, 0.2) is 12.3 Å². The Kier molecular flexibility index (Phi) is 6.01. The summed E-state index contributed by atoms with van der Waals surface area (Å²) in [6, 6.07) is 1.94. The van der Waals surface area contributed by atoms with Gasteiger partial charge in [-0.25, -0.2) is 0 Å². The Morgan fingerprint density at radius 3 is 2.90 bits per heavy atom. The summed E-state index contributed by atoms with van der Waals surface area (Å²) in [5.74, 6) is 0.0990. The fraction of sp³-hybridized carbons (Fsp3) is 0.714. The third-order valence-electron chi connectivity index (χ3n) is 3.56. The van der Waals surface area contributed by atoms with Gasteiger partial charge in [-0.1, -0.05) is 0 Å². The van der Waals surface area contributed by atoms with E-state index < -0.39 is 0 Å². The zero-order valence-corrected chi connectivity index (χ0v) is 12.2. The van der Waals surface area contributed by atoms with Gasteiger partial charge in [-0.3, -0.25) is 14.4 Å². The molecule has 0 unspecified atom stereocenters. The lowest BCUT2D eigenvalue weighted by Crippen LogP contribution is -2.38. The maximum Gasteiger partial charge on any atom is 0.221 e. The van der Waals surface area contributed by atoms with E-state index in [1.54, 1.807) is 6.20 Å². The molecule has 0 atom stereocenters. The molecule has 0 saturated carbocycles. The van der Waals surface area contributed by atoms with Crippen LogP contribution in [0.4, 0.5) is 0 Å². The molecule has 0 aromatic carbocycles. The number of morpholine rings is 1. The molecule has 1 aliphatic rings. The van der Waals surface area contributed by atoms with Crippen LogP contribution in [0.25, 0.3) is 0 Å². The Hall–Kier alpha value is -1.40. The topological polar surface area (TPSA) is 59.4 Å². The van der Waals surface area contributed by atoms with Crippen LogP contribution >= 0.6 is 0 Å². The van der Waals surface area contributed by atoms with Gasteiger partial charge < -0.3 is 10.1 Å². The first-order valence-electron chi connectivity index (χ1n) is 7.31. The summed E-state index contributed by atoms with van der Waals surface area (Å²) in [5, 5.41) is 7.13. The SMILES string of the molecule is Cc1ccnn1CCC(=O)NCCCN1CCOCC1. The lowest BCUT2D eigenvalue weighted by Gasteiger charge is -2.26. The first kappa shape index (κ1) is 15.0. The van der Waals surface area contributed by atoms with Crippen LogP contribution in [0.1, 0.15) is 18.5 Å². The quantitative estimate of drug-likeness (QED) is 0.735. The molecule has 0 bridgehead atoms. The van der Waals surface area contributed by atoms with Crippen molar-refractivity contribution in [1.82, 2.24) is 20.0 Å². The van der Waals surface area contributed by atoms with E-state index in [2.05, 4.69) is 15.3 Å². The zero-order valence-electron chi connectivity index (χ0n) is 12.2. The first-order chi connectivity index (χ1) is 9.75. The molecule has 20 heavy (non-hydrogen) atoms. The normalized spacial score (nSPS) is 16.2. The average molecular weight is 280 g/mol. The number of carbonyl (C=O) groups is 1. The molecule has 1 N–H and O–H groups in total. The summed E-state index contributed by atoms with van der Waals surface area (Å²) < 4.78 is 7.16. The number of amides is 1. The summed E-state index contributed by atoms with van der Waals surface area (Å²) in [7, 11) is 0. The summed E-state index contributed by atoms with van der Waals surface area (Å²) in [6.07, 6.45) is 3.24. The van der Waals surface area contributed by atoms with E-state index >= 15 is 0 Å². The van der Waals surface area contributed by atoms with E-state index in [1.165, 1.54) is 0 Å². The fourth-order valence-corrected chi connectivity index (χ4v) is 2.28. The van der Waals surface area contributed by atoms with Gasteiger partial charge in [0, 0.05) is 44.5 Å². The van der Waals surface area contributed by atoms with Crippen LogP contribution in [0, 0.1) is 6.92 Å². The molecule has 2 heterocycles. The van der Waals surface area contributed by atoms with E-state index in [0.29, 0.717) is 13.0 Å². The highest BCUT2D eigenvalue weighted by atomic mass is 16.5. The van der Waals surface area contributed by atoms with Crippen molar-refractivity contribution in [3.05, 3.63) is 18.0 Å². The second-order valence-corrected chi connectivity index (χ2v) is 5.10. The van der Waals surface area contributed by atoms with E-state index in [-0.39, 0.29) is 5.91 Å². The fourth-order valence-electron chi connectivity index (χ4n) is 2.28. The highest BCUT2D eigenvalue weighted by Gasteiger charge is 2.09. The van der Waals surface area contributed by atoms with E-state index in [1.807, 2.05) is 17.7 Å². The van der Waals surface area contributed by atoms with Crippen LogP contribution in [0.5, 0.6) is 0 Å². The molecule has 6 nitrogen and oxygen atoms in total. The first-order valence-corrected chi connectivity index (χ1v) is 7.31. The van der Waals surface area contributed by atoms with Gasteiger partial charge in [-0.05, 0) is 26.0 Å². The van der Waals surface area contributed by atoms with Crippen LogP contribution < -0.4 is 5.32 Å². The van der Waals surface area contributed by atoms with Crippen molar-refractivity contribution < 1.29 is 9.53 Å². The van der Waals surface area contributed by atoms with Gasteiger partial charge in [0.05, 0.1) is 13.2 Å². The van der Waals surface area contributed by atoms with Gasteiger partial charge in [0.15, 0.2) is 0 Å². The van der Waals surface area contributed by atoms with E-state index in [4.69, 9.17) is 4.74 Å². The molecular weight excluding hydrogens is 256 g/mol. The molecule has 0 radical (unpaired) electrons. The van der Waals surface area contributed by atoms with Crippen molar-refractivity contribution in [2.45, 2.75) is 26.3 Å². The monoisotopic (exact) mass is 280 g/mol. The van der Waals surface area contributed by atoms with Crippen molar-refractivity contribution in [3.8, 4) is 0 Å². The number of aryl methyl sites for hydroxylation is 2. The van der Waals surface area contributed by atoms with Crippen molar-refractivity contribution in [2.24, 2.45) is 0 Å². The van der Waals surface area contributed by atoms with Gasteiger partial charge >= 0.3 is 0 Å². The molecule has 1 saturated heterocycles. The van der Waals surface area contributed by atoms with E-state index in [0.717, 1.165) is 51.5 Å². The predicted molar refractivity (Wildman–Crippen MR) is 76.5 cm³/mol. The number of ether oxygens (including phenoxy) is 1. The van der Waals surface area contributed by atoms with Crippen LogP contribution in [0.3, 0.4) is 0 Å². The summed E-state index contributed by atoms with van der Waals surface area (Å²) in [4.78, 5) is 14.1. The molecule has 1 fully saturated rings. The van der Waals surface area contributed by atoms with Gasteiger partial charge in [-0.15, -0.1) is 0 Å². The molecule has 1 amide bonds. The number of nitrogens with zero attached hydrogens (tertiary/aromatic N) is 3. The minimum absolute atomic E-state index is 0.0990. The minimum Gasteiger partial charge on any atom is -0.379 e. The zero-order chi connectivity index (χ0) is 14.2. The molecular formula is C14H24N4O2. The highest BCUT2D eigenvalue weighted by Crippen LogP contribution is 1.99. The second kappa shape index (κ2) is 8.01. The van der Waals surface area contributed by atoms with Gasteiger partial charge in [-0.2, -0.15) is 5.10 Å². The molecule has 0 spiro atoms. The highest BCUT2D eigenvalue weighted by molar-refractivity contribution is 5.75.